The number of aromatic nitrogens is 1. The zero-order valence-corrected chi connectivity index (χ0v) is 25.3. The van der Waals surface area contributed by atoms with E-state index in [1.165, 1.54) is 17.3 Å². The number of carbonyl (C=O) groups excluding carboxylic acids is 1. The topological polar surface area (TPSA) is 69.3 Å². The number of benzene rings is 2. The van der Waals surface area contributed by atoms with Crippen molar-refractivity contribution in [3.8, 4) is 6.07 Å². The van der Waals surface area contributed by atoms with E-state index in [-0.39, 0.29) is 23.1 Å². The molecule has 1 amide bonds. The molecular formula is C33H34N4O2S2. The first-order valence-corrected chi connectivity index (χ1v) is 15.3. The highest BCUT2D eigenvalue weighted by Crippen LogP contribution is 2.40. The van der Waals surface area contributed by atoms with Gasteiger partial charge in [0.05, 0.1) is 10.9 Å². The molecule has 2 fully saturated rings. The zero-order valence-electron chi connectivity index (χ0n) is 23.7. The number of hydrogen-bond donors (Lipinski definition) is 0. The number of thioether (sulfide) groups is 1. The van der Waals surface area contributed by atoms with Gasteiger partial charge in [0.2, 0.25) is 0 Å². The summed E-state index contributed by atoms with van der Waals surface area (Å²) in [7, 11) is 0. The summed E-state index contributed by atoms with van der Waals surface area (Å²) in [5.74, 6) is 1.19. The Morgan fingerprint density at radius 1 is 1.07 bits per heavy atom. The predicted molar refractivity (Wildman–Crippen MR) is 171 cm³/mol. The average Bonchev–Trinajstić information content (AvgIpc) is 3.27. The van der Waals surface area contributed by atoms with Gasteiger partial charge in [-0.15, -0.1) is 0 Å². The molecule has 1 unspecified atom stereocenters. The lowest BCUT2D eigenvalue weighted by atomic mass is 9.90. The number of anilines is 1. The van der Waals surface area contributed by atoms with Gasteiger partial charge in [-0.3, -0.25) is 19.1 Å². The van der Waals surface area contributed by atoms with E-state index in [0.717, 1.165) is 49.3 Å². The highest BCUT2D eigenvalue weighted by Gasteiger charge is 2.37. The third-order valence-electron chi connectivity index (χ3n) is 8.21. The largest absolute Gasteiger partial charge is 0.357 e. The quantitative estimate of drug-likeness (QED) is 0.235. The molecule has 41 heavy (non-hydrogen) atoms. The molecule has 5 rings (SSSR count). The lowest BCUT2D eigenvalue weighted by Crippen LogP contribution is -2.39. The second-order valence-corrected chi connectivity index (χ2v) is 12.3. The molecule has 3 heterocycles. The molecule has 2 aromatic carbocycles. The van der Waals surface area contributed by atoms with Gasteiger partial charge in [0.1, 0.15) is 21.8 Å². The number of rotatable bonds is 7. The van der Waals surface area contributed by atoms with E-state index < -0.39 is 0 Å². The van der Waals surface area contributed by atoms with Crippen LogP contribution in [0.5, 0.6) is 0 Å². The minimum absolute atomic E-state index is 0.119. The maximum absolute atomic E-state index is 13.7. The molecule has 2 aliphatic heterocycles. The van der Waals surface area contributed by atoms with Gasteiger partial charge >= 0.3 is 0 Å². The second-order valence-electron chi connectivity index (χ2n) is 10.7. The van der Waals surface area contributed by atoms with Crippen LogP contribution in [0.4, 0.5) is 5.82 Å². The maximum Gasteiger partial charge on any atom is 0.270 e. The van der Waals surface area contributed by atoms with E-state index in [0.29, 0.717) is 27.3 Å². The van der Waals surface area contributed by atoms with Crippen LogP contribution in [0.1, 0.15) is 60.5 Å². The summed E-state index contributed by atoms with van der Waals surface area (Å²) in [6, 6.07) is 22.3. The van der Waals surface area contributed by atoms with Crippen molar-refractivity contribution < 1.29 is 4.79 Å². The molecule has 0 bridgehead atoms. The van der Waals surface area contributed by atoms with Crippen LogP contribution in [0.25, 0.3) is 6.08 Å². The van der Waals surface area contributed by atoms with E-state index >= 15 is 0 Å². The number of piperidine rings is 1. The minimum Gasteiger partial charge on any atom is -0.357 e. The van der Waals surface area contributed by atoms with Crippen LogP contribution < -0.4 is 10.5 Å². The first kappa shape index (κ1) is 28.8. The van der Waals surface area contributed by atoms with Gasteiger partial charge in [-0.05, 0) is 68.7 Å². The smallest absolute Gasteiger partial charge is 0.270 e. The van der Waals surface area contributed by atoms with E-state index in [2.05, 4.69) is 35.2 Å². The Labute approximate surface area is 251 Å². The van der Waals surface area contributed by atoms with Crippen LogP contribution in [0.3, 0.4) is 0 Å². The van der Waals surface area contributed by atoms with Gasteiger partial charge in [0, 0.05) is 25.2 Å². The average molecular weight is 583 g/mol. The highest BCUT2D eigenvalue weighted by molar-refractivity contribution is 8.26. The molecule has 0 spiro atoms. The number of hydrogen-bond acceptors (Lipinski definition) is 6. The minimum atomic E-state index is -0.281. The number of nitriles is 1. The van der Waals surface area contributed by atoms with Gasteiger partial charge in [0.25, 0.3) is 11.5 Å². The lowest BCUT2D eigenvalue weighted by molar-refractivity contribution is -0.123. The van der Waals surface area contributed by atoms with Crippen molar-refractivity contribution in [2.24, 2.45) is 5.92 Å². The van der Waals surface area contributed by atoms with Crippen LogP contribution in [0, 0.1) is 24.2 Å². The van der Waals surface area contributed by atoms with Crippen molar-refractivity contribution >= 4 is 46.1 Å². The molecule has 210 valence electrons. The fraction of sp³-hybridized carbons (Fsp3) is 0.333. The van der Waals surface area contributed by atoms with Gasteiger partial charge in [0.15, 0.2) is 0 Å². The number of carbonyl (C=O) groups is 1. The molecule has 1 aromatic heterocycles. The number of thiocarbonyl (C=S) groups is 1. The summed E-state index contributed by atoms with van der Waals surface area (Å²) in [5.41, 5.74) is 3.54. The lowest BCUT2D eigenvalue weighted by Gasteiger charge is -2.36. The maximum atomic E-state index is 13.7. The summed E-state index contributed by atoms with van der Waals surface area (Å²) < 4.78 is 2.20. The van der Waals surface area contributed by atoms with Gasteiger partial charge in [-0.2, -0.15) is 5.26 Å². The molecular weight excluding hydrogens is 549 g/mol. The molecule has 0 aliphatic carbocycles. The van der Waals surface area contributed by atoms with Crippen LogP contribution in [0.2, 0.25) is 0 Å². The third kappa shape index (κ3) is 5.74. The molecule has 8 heteroatoms. The van der Waals surface area contributed by atoms with Gasteiger partial charge < -0.3 is 4.90 Å². The molecule has 6 nitrogen and oxygen atoms in total. The number of nitrogens with zero attached hydrogens (tertiary/aromatic N) is 4. The van der Waals surface area contributed by atoms with Crippen LogP contribution in [-0.2, 0) is 17.8 Å². The van der Waals surface area contributed by atoms with Crippen molar-refractivity contribution in [1.82, 2.24) is 9.47 Å². The fourth-order valence-corrected chi connectivity index (χ4v) is 7.30. The highest BCUT2D eigenvalue weighted by atomic mass is 32.2. The fourth-order valence-electron chi connectivity index (χ4n) is 5.90. The van der Waals surface area contributed by atoms with Gasteiger partial charge in [-0.1, -0.05) is 84.6 Å². The summed E-state index contributed by atoms with van der Waals surface area (Å²) >= 11 is 6.95. The molecule has 2 aliphatic rings. The van der Waals surface area contributed by atoms with Crippen molar-refractivity contribution in [1.29, 1.82) is 5.26 Å². The Kier molecular flexibility index (Phi) is 8.77. The monoisotopic (exact) mass is 582 g/mol. The van der Waals surface area contributed by atoms with E-state index in [4.69, 9.17) is 12.2 Å². The first-order chi connectivity index (χ1) is 19.8. The Balaban J connectivity index is 1.50. The Hall–Kier alpha value is -3.67. The molecule has 3 aromatic rings. The number of pyridine rings is 1. The second kappa shape index (κ2) is 12.5. The van der Waals surface area contributed by atoms with Crippen LogP contribution >= 0.6 is 24.0 Å². The van der Waals surface area contributed by atoms with Crippen molar-refractivity contribution in [2.75, 3.05) is 18.0 Å². The summed E-state index contributed by atoms with van der Waals surface area (Å²) in [6.45, 7) is 7.74. The number of amides is 1. The zero-order chi connectivity index (χ0) is 29.1. The molecule has 2 saturated heterocycles. The van der Waals surface area contributed by atoms with Crippen molar-refractivity contribution in [2.45, 2.75) is 52.6 Å². The SMILES string of the molecule is CCn1c(N2CCC(Cc3ccccc3)CC2)c(C=C2SC(=S)N(C(C)c3ccccc3)C2=O)c(C)c(C#N)c1=O. The summed E-state index contributed by atoms with van der Waals surface area (Å²) in [4.78, 5) is 31.6. The Morgan fingerprint density at radius 3 is 2.32 bits per heavy atom. The van der Waals surface area contributed by atoms with E-state index in [9.17, 15) is 14.9 Å². The Bertz CT molecular complexity index is 1580. The van der Waals surface area contributed by atoms with Gasteiger partial charge in [-0.25, -0.2) is 0 Å². The van der Waals surface area contributed by atoms with Crippen LogP contribution in [0.15, 0.2) is 70.4 Å². The standard InChI is InChI=1S/C33H34N4O2S2/c1-4-36-30(35-17-15-25(16-18-35)19-24-11-7-5-8-12-24)27(22(2)28(21-34)31(36)38)20-29-32(39)37(33(40)41-29)23(3)26-13-9-6-10-14-26/h5-14,20,23,25H,4,15-19H2,1-3H3. The normalized spacial score (nSPS) is 17.8. The van der Waals surface area contributed by atoms with Crippen LogP contribution in [-0.4, -0.2) is 32.8 Å². The summed E-state index contributed by atoms with van der Waals surface area (Å²) in [5, 5.41) is 9.92. The van der Waals surface area contributed by atoms with E-state index in [1.807, 2.05) is 63.2 Å². The predicted octanol–water partition coefficient (Wildman–Crippen LogP) is 6.47. The molecule has 0 radical (unpaired) electrons. The summed E-state index contributed by atoms with van der Waals surface area (Å²) in [6.07, 6.45) is 4.89. The first-order valence-electron chi connectivity index (χ1n) is 14.1. The third-order valence-corrected chi connectivity index (χ3v) is 9.54. The molecule has 0 N–H and O–H groups in total. The molecule has 0 saturated carbocycles. The van der Waals surface area contributed by atoms with Crippen molar-refractivity contribution in [3.63, 3.8) is 0 Å². The van der Waals surface area contributed by atoms with Crippen molar-refractivity contribution in [3.05, 3.63) is 104 Å². The Morgan fingerprint density at radius 2 is 1.71 bits per heavy atom. The molecule has 1 atom stereocenters. The van der Waals surface area contributed by atoms with E-state index in [1.54, 1.807) is 9.47 Å².